The lowest BCUT2D eigenvalue weighted by molar-refractivity contribution is -0.143. The number of hydrogen-bond acceptors (Lipinski definition) is 5. The molecule has 0 aromatic rings. The lowest BCUT2D eigenvalue weighted by Crippen LogP contribution is -2.45. The van der Waals surface area contributed by atoms with Crippen LogP contribution in [-0.2, 0) is 14.3 Å². The molecule has 0 aliphatic carbocycles. The minimum Gasteiger partial charge on any atom is -0.466 e. The summed E-state index contributed by atoms with van der Waals surface area (Å²) < 4.78 is 5.43. The highest BCUT2D eigenvalue weighted by Crippen LogP contribution is 2.17. The van der Waals surface area contributed by atoms with E-state index in [1.54, 1.807) is 0 Å². The first-order chi connectivity index (χ1) is 28.0. The van der Waals surface area contributed by atoms with E-state index >= 15 is 0 Å². The van der Waals surface area contributed by atoms with E-state index in [-0.39, 0.29) is 18.5 Å². The highest BCUT2D eigenvalue weighted by atomic mass is 16.5. The smallest absolute Gasteiger partial charge is 0.305 e. The van der Waals surface area contributed by atoms with Crippen molar-refractivity contribution in [1.82, 2.24) is 5.32 Å². The van der Waals surface area contributed by atoms with Crippen molar-refractivity contribution in [3.63, 3.8) is 0 Å². The molecule has 0 heterocycles. The summed E-state index contributed by atoms with van der Waals surface area (Å²) in [6.45, 7) is 4.87. The summed E-state index contributed by atoms with van der Waals surface area (Å²) in [5.41, 5.74) is 0. The third kappa shape index (κ3) is 44.0. The zero-order chi connectivity index (χ0) is 41.5. The van der Waals surface area contributed by atoms with Crippen molar-refractivity contribution in [3.05, 3.63) is 12.2 Å². The Morgan fingerprint density at radius 3 is 1.28 bits per heavy atom. The number of carbonyl (C=O) groups excluding carboxylic acids is 2. The summed E-state index contributed by atoms with van der Waals surface area (Å²) in [6.07, 6.45) is 53.2. The summed E-state index contributed by atoms with van der Waals surface area (Å²) >= 11 is 0. The molecule has 0 aromatic carbocycles. The molecule has 57 heavy (non-hydrogen) atoms. The minimum absolute atomic E-state index is 0.0345. The second kappa shape index (κ2) is 47.3. The van der Waals surface area contributed by atoms with Crippen LogP contribution < -0.4 is 5.32 Å². The number of esters is 1. The molecule has 0 aliphatic heterocycles. The van der Waals surface area contributed by atoms with E-state index in [4.69, 9.17) is 4.74 Å². The number of amides is 1. The number of aliphatic hydroxyl groups is 2. The number of unbranched alkanes of at least 4 members (excludes halogenated alkanes) is 34. The fourth-order valence-corrected chi connectivity index (χ4v) is 7.87. The Hall–Kier alpha value is -1.40. The molecule has 0 rings (SSSR count). The third-order valence-electron chi connectivity index (χ3n) is 11.8. The van der Waals surface area contributed by atoms with Crippen LogP contribution in [0.25, 0.3) is 0 Å². The number of hydrogen-bond donors (Lipinski definition) is 3. The van der Waals surface area contributed by atoms with Gasteiger partial charge in [0.1, 0.15) is 0 Å². The van der Waals surface area contributed by atoms with Gasteiger partial charge in [-0.15, -0.1) is 0 Å². The molecule has 0 saturated heterocycles. The van der Waals surface area contributed by atoms with Crippen LogP contribution >= 0.6 is 0 Å². The molecular weight excluding hydrogens is 707 g/mol. The first kappa shape index (κ1) is 55.6. The Morgan fingerprint density at radius 2 is 0.825 bits per heavy atom. The quantitative estimate of drug-likeness (QED) is 0.0323. The topological polar surface area (TPSA) is 95.9 Å². The first-order valence-electron chi connectivity index (χ1n) is 25.4. The maximum absolute atomic E-state index is 12.5. The molecule has 1 amide bonds. The Morgan fingerprint density at radius 1 is 0.474 bits per heavy atom. The number of allylic oxidation sites excluding steroid dienone is 2. The van der Waals surface area contributed by atoms with E-state index < -0.39 is 12.1 Å². The minimum atomic E-state index is -0.681. The van der Waals surface area contributed by atoms with Crippen molar-refractivity contribution in [2.45, 2.75) is 289 Å². The summed E-state index contributed by atoms with van der Waals surface area (Å²) in [6, 6.07) is -0.561. The van der Waals surface area contributed by atoms with E-state index in [0.29, 0.717) is 25.9 Å². The maximum Gasteiger partial charge on any atom is 0.305 e. The van der Waals surface area contributed by atoms with Crippen LogP contribution in [-0.4, -0.2) is 47.4 Å². The van der Waals surface area contributed by atoms with Gasteiger partial charge in [-0.05, 0) is 51.4 Å². The molecular formula is C51H99NO5. The molecule has 0 aliphatic rings. The van der Waals surface area contributed by atoms with E-state index in [0.717, 1.165) is 57.8 Å². The van der Waals surface area contributed by atoms with Crippen LogP contribution in [0.5, 0.6) is 0 Å². The first-order valence-corrected chi connectivity index (χ1v) is 25.4. The fourth-order valence-electron chi connectivity index (χ4n) is 7.87. The zero-order valence-corrected chi connectivity index (χ0v) is 38.3. The molecule has 2 unspecified atom stereocenters. The van der Waals surface area contributed by atoms with Gasteiger partial charge in [0.25, 0.3) is 0 Å². The number of carbonyl (C=O) groups is 2. The average molecular weight is 806 g/mol. The van der Waals surface area contributed by atoms with Crippen LogP contribution in [0.3, 0.4) is 0 Å². The lowest BCUT2D eigenvalue weighted by atomic mass is 10.0. The standard InChI is InChI=1S/C51H99NO5/c1-3-5-7-9-11-13-15-17-18-19-20-21-22-23-24-27-31-35-39-43-49(54)48(47-53)52-50(55)44-40-36-32-28-26-30-34-38-42-46-57-51(56)45-41-37-33-29-25-16-14-12-10-8-6-4-2/h12,14,48-49,53-54H,3-11,13,15-47H2,1-2H3,(H,52,55)/b14-12-. The Balaban J connectivity index is 3.49. The van der Waals surface area contributed by atoms with Crippen molar-refractivity contribution in [2.75, 3.05) is 13.2 Å². The molecule has 3 N–H and O–H groups in total. The highest BCUT2D eigenvalue weighted by molar-refractivity contribution is 5.76. The zero-order valence-electron chi connectivity index (χ0n) is 38.3. The monoisotopic (exact) mass is 806 g/mol. The average Bonchev–Trinajstić information content (AvgIpc) is 3.21. The van der Waals surface area contributed by atoms with Crippen molar-refractivity contribution < 1.29 is 24.5 Å². The molecule has 0 bridgehead atoms. The van der Waals surface area contributed by atoms with Crippen LogP contribution in [0.1, 0.15) is 277 Å². The predicted octanol–water partition coefficient (Wildman–Crippen LogP) is 15.0. The number of ether oxygens (including phenoxy) is 1. The number of rotatable bonds is 47. The van der Waals surface area contributed by atoms with Gasteiger partial charge in [0.05, 0.1) is 25.4 Å². The Kier molecular flexibility index (Phi) is 46.1. The van der Waals surface area contributed by atoms with Crippen LogP contribution in [0.2, 0.25) is 0 Å². The second-order valence-electron chi connectivity index (χ2n) is 17.5. The lowest BCUT2D eigenvalue weighted by Gasteiger charge is -2.22. The number of aliphatic hydroxyl groups excluding tert-OH is 2. The Bertz CT molecular complexity index is 847. The molecule has 0 saturated carbocycles. The van der Waals surface area contributed by atoms with Gasteiger partial charge >= 0.3 is 5.97 Å². The molecule has 0 fully saturated rings. The summed E-state index contributed by atoms with van der Waals surface area (Å²) in [5.74, 6) is -0.0956. The summed E-state index contributed by atoms with van der Waals surface area (Å²) in [5, 5.41) is 23.2. The molecule has 338 valence electrons. The molecule has 0 spiro atoms. The van der Waals surface area contributed by atoms with Gasteiger partial charge in [-0.3, -0.25) is 9.59 Å². The van der Waals surface area contributed by atoms with Gasteiger partial charge in [0, 0.05) is 12.8 Å². The van der Waals surface area contributed by atoms with Crippen molar-refractivity contribution in [2.24, 2.45) is 0 Å². The molecule has 0 aromatic heterocycles. The van der Waals surface area contributed by atoms with Gasteiger partial charge in [-0.2, -0.15) is 0 Å². The normalized spacial score (nSPS) is 12.7. The highest BCUT2D eigenvalue weighted by Gasteiger charge is 2.20. The van der Waals surface area contributed by atoms with Gasteiger partial charge in [-0.1, -0.05) is 225 Å². The van der Waals surface area contributed by atoms with Crippen LogP contribution in [0, 0.1) is 0 Å². The molecule has 6 nitrogen and oxygen atoms in total. The van der Waals surface area contributed by atoms with Gasteiger partial charge in [-0.25, -0.2) is 0 Å². The molecule has 2 atom stereocenters. The van der Waals surface area contributed by atoms with Crippen molar-refractivity contribution in [3.8, 4) is 0 Å². The van der Waals surface area contributed by atoms with Crippen LogP contribution in [0.15, 0.2) is 12.2 Å². The van der Waals surface area contributed by atoms with E-state index in [1.807, 2.05) is 0 Å². The Labute approximate surface area is 355 Å². The molecule has 6 heteroatoms. The largest absolute Gasteiger partial charge is 0.466 e. The van der Waals surface area contributed by atoms with Gasteiger partial charge in [0.15, 0.2) is 0 Å². The summed E-state index contributed by atoms with van der Waals surface area (Å²) in [7, 11) is 0. The van der Waals surface area contributed by atoms with Gasteiger partial charge in [0.2, 0.25) is 5.91 Å². The molecule has 0 radical (unpaired) electrons. The van der Waals surface area contributed by atoms with Crippen molar-refractivity contribution >= 4 is 11.9 Å². The predicted molar refractivity (Wildman–Crippen MR) is 246 cm³/mol. The van der Waals surface area contributed by atoms with Crippen LogP contribution in [0.4, 0.5) is 0 Å². The fraction of sp³-hybridized carbons (Fsp3) is 0.922. The second-order valence-corrected chi connectivity index (χ2v) is 17.5. The number of nitrogens with one attached hydrogen (secondary N) is 1. The van der Waals surface area contributed by atoms with E-state index in [1.165, 1.54) is 186 Å². The van der Waals surface area contributed by atoms with E-state index in [9.17, 15) is 19.8 Å². The van der Waals surface area contributed by atoms with E-state index in [2.05, 4.69) is 31.3 Å². The van der Waals surface area contributed by atoms with Gasteiger partial charge < -0.3 is 20.3 Å². The maximum atomic E-state index is 12.5. The SMILES string of the molecule is CCCCC/C=C\CCCCCCCC(=O)OCCCCCCCCCCCC(=O)NC(CO)C(O)CCCCCCCCCCCCCCCCCCCCC. The third-order valence-corrected chi connectivity index (χ3v) is 11.8. The summed E-state index contributed by atoms with van der Waals surface area (Å²) in [4.78, 5) is 24.4. The van der Waals surface area contributed by atoms with Crippen molar-refractivity contribution in [1.29, 1.82) is 0 Å².